The number of benzene rings is 1. The lowest BCUT2D eigenvalue weighted by molar-refractivity contribution is 0.568. The summed E-state index contributed by atoms with van der Waals surface area (Å²) in [5.41, 5.74) is 1.58. The first-order valence-electron chi connectivity index (χ1n) is 7.17. The fourth-order valence-electron chi connectivity index (χ4n) is 1.84. The van der Waals surface area contributed by atoms with Crippen molar-refractivity contribution >= 4 is 29.9 Å². The zero-order valence-corrected chi connectivity index (χ0v) is 15.9. The van der Waals surface area contributed by atoms with Crippen molar-refractivity contribution in [1.29, 1.82) is 0 Å². The Morgan fingerprint density at radius 3 is 2.48 bits per heavy atom. The second-order valence-electron chi connectivity index (χ2n) is 5.56. The Bertz CT molecular complexity index is 461. The molecule has 120 valence electrons. The van der Waals surface area contributed by atoms with Gasteiger partial charge >= 0.3 is 0 Å². The Labute approximate surface area is 144 Å². The summed E-state index contributed by atoms with van der Waals surface area (Å²) in [5, 5.41) is 6.55. The summed E-state index contributed by atoms with van der Waals surface area (Å²) < 4.78 is 13.6. The maximum Gasteiger partial charge on any atom is 0.191 e. The minimum Gasteiger partial charge on any atom is -0.356 e. The number of guanidine groups is 1. The largest absolute Gasteiger partial charge is 0.356 e. The molecule has 1 aromatic carbocycles. The number of nitrogens with zero attached hydrogens (tertiary/aromatic N) is 1. The average Bonchev–Trinajstić information content (AvgIpc) is 2.40. The first kappa shape index (κ1) is 20.1. The Morgan fingerprint density at radius 2 is 1.95 bits per heavy atom. The molecule has 3 nitrogen and oxygen atoms in total. The minimum atomic E-state index is -0.168. The van der Waals surface area contributed by atoms with Gasteiger partial charge in [0.25, 0.3) is 0 Å². The summed E-state index contributed by atoms with van der Waals surface area (Å²) in [6.07, 6.45) is 1.09. The van der Waals surface area contributed by atoms with Gasteiger partial charge in [-0.2, -0.15) is 0 Å². The molecule has 0 fully saturated rings. The zero-order chi connectivity index (χ0) is 15.1. The molecule has 0 bridgehead atoms. The van der Waals surface area contributed by atoms with Crippen LogP contribution in [0.25, 0.3) is 0 Å². The summed E-state index contributed by atoms with van der Waals surface area (Å²) >= 11 is 0. The van der Waals surface area contributed by atoms with Gasteiger partial charge in [-0.15, -0.1) is 24.0 Å². The van der Waals surface area contributed by atoms with Crippen molar-refractivity contribution in [2.45, 2.75) is 40.2 Å². The quantitative estimate of drug-likeness (QED) is 0.440. The highest BCUT2D eigenvalue weighted by atomic mass is 127. The number of aliphatic imine (C=N–C) groups is 1. The van der Waals surface area contributed by atoms with Crippen LogP contribution in [0.15, 0.2) is 23.2 Å². The highest BCUT2D eigenvalue weighted by molar-refractivity contribution is 14.0. The van der Waals surface area contributed by atoms with Gasteiger partial charge in [0.05, 0.1) is 6.04 Å². The van der Waals surface area contributed by atoms with E-state index in [-0.39, 0.29) is 35.8 Å². The molecule has 0 aliphatic rings. The third-order valence-corrected chi connectivity index (χ3v) is 3.29. The highest BCUT2D eigenvalue weighted by Crippen LogP contribution is 2.16. The van der Waals surface area contributed by atoms with E-state index in [1.807, 2.05) is 13.0 Å². The normalized spacial score (nSPS) is 12.8. The molecule has 0 saturated carbocycles. The molecule has 1 aromatic rings. The lowest BCUT2D eigenvalue weighted by atomic mass is 10.1. The van der Waals surface area contributed by atoms with Gasteiger partial charge in [0, 0.05) is 13.6 Å². The summed E-state index contributed by atoms with van der Waals surface area (Å²) in [5.74, 6) is 1.24. The fraction of sp³-hybridized carbons (Fsp3) is 0.562. The van der Waals surface area contributed by atoms with Crippen molar-refractivity contribution in [2.24, 2.45) is 10.9 Å². The molecule has 1 rings (SSSR count). The Morgan fingerprint density at radius 1 is 1.29 bits per heavy atom. The monoisotopic (exact) mass is 407 g/mol. The smallest absolute Gasteiger partial charge is 0.191 e. The van der Waals surface area contributed by atoms with E-state index in [4.69, 9.17) is 0 Å². The van der Waals surface area contributed by atoms with Crippen LogP contribution in [0.3, 0.4) is 0 Å². The minimum absolute atomic E-state index is 0. The molecule has 0 aliphatic carbocycles. The first-order valence-corrected chi connectivity index (χ1v) is 7.17. The molecule has 0 saturated heterocycles. The van der Waals surface area contributed by atoms with Gasteiger partial charge in [-0.05, 0) is 43.4 Å². The van der Waals surface area contributed by atoms with E-state index in [2.05, 4.69) is 29.5 Å². The Balaban J connectivity index is 0.00000400. The molecule has 0 amide bonds. The van der Waals surface area contributed by atoms with Crippen LogP contribution >= 0.6 is 24.0 Å². The molecule has 5 heteroatoms. The molecule has 1 atom stereocenters. The Hall–Kier alpha value is -0.850. The van der Waals surface area contributed by atoms with Crippen molar-refractivity contribution in [3.63, 3.8) is 0 Å². The summed E-state index contributed by atoms with van der Waals surface area (Å²) in [6.45, 7) is 9.03. The van der Waals surface area contributed by atoms with E-state index >= 15 is 0 Å². The van der Waals surface area contributed by atoms with Crippen molar-refractivity contribution in [3.8, 4) is 0 Å². The van der Waals surface area contributed by atoms with Crippen LogP contribution in [0, 0.1) is 18.7 Å². The predicted octanol–water partition coefficient (Wildman–Crippen LogP) is 4.02. The van der Waals surface area contributed by atoms with Gasteiger partial charge in [-0.3, -0.25) is 4.99 Å². The van der Waals surface area contributed by atoms with E-state index in [0.717, 1.165) is 24.5 Å². The van der Waals surface area contributed by atoms with E-state index in [1.165, 1.54) is 0 Å². The fourth-order valence-corrected chi connectivity index (χ4v) is 1.84. The van der Waals surface area contributed by atoms with E-state index < -0.39 is 0 Å². The molecular formula is C16H27FIN3. The lowest BCUT2D eigenvalue weighted by Crippen LogP contribution is -2.39. The van der Waals surface area contributed by atoms with Gasteiger partial charge < -0.3 is 10.6 Å². The molecule has 0 spiro atoms. The van der Waals surface area contributed by atoms with Gasteiger partial charge in [-0.25, -0.2) is 4.39 Å². The van der Waals surface area contributed by atoms with Crippen LogP contribution in [0.1, 0.15) is 44.4 Å². The molecule has 0 aliphatic heterocycles. The Kier molecular flexibility index (Phi) is 9.57. The van der Waals surface area contributed by atoms with E-state index in [1.54, 1.807) is 26.1 Å². The topological polar surface area (TPSA) is 36.4 Å². The van der Waals surface area contributed by atoms with E-state index in [0.29, 0.717) is 11.5 Å². The first-order chi connectivity index (χ1) is 9.43. The summed E-state index contributed by atoms with van der Waals surface area (Å²) in [6, 6.07) is 5.33. The van der Waals surface area contributed by atoms with Crippen molar-refractivity contribution < 1.29 is 4.39 Å². The highest BCUT2D eigenvalue weighted by Gasteiger charge is 2.09. The van der Waals surface area contributed by atoms with Crippen molar-refractivity contribution in [2.75, 3.05) is 13.6 Å². The standard InChI is InChI=1S/C16H26FN3.HI/c1-11(2)8-9-19-16(18-5)20-13(4)14-7-6-12(3)15(17)10-14;/h6-7,10-11,13H,8-9H2,1-5H3,(H2,18,19,20);1H. The lowest BCUT2D eigenvalue weighted by Gasteiger charge is -2.19. The number of hydrogen-bond acceptors (Lipinski definition) is 1. The molecule has 0 aromatic heterocycles. The van der Waals surface area contributed by atoms with Crippen LogP contribution in [-0.2, 0) is 0 Å². The van der Waals surface area contributed by atoms with Gasteiger partial charge in [0.1, 0.15) is 5.82 Å². The molecule has 2 N–H and O–H groups in total. The van der Waals surface area contributed by atoms with Gasteiger partial charge in [0.2, 0.25) is 0 Å². The summed E-state index contributed by atoms with van der Waals surface area (Å²) in [4.78, 5) is 4.19. The zero-order valence-electron chi connectivity index (χ0n) is 13.5. The van der Waals surface area contributed by atoms with Gasteiger partial charge in [0.15, 0.2) is 5.96 Å². The number of halogens is 2. The predicted molar refractivity (Wildman–Crippen MR) is 98.9 cm³/mol. The second-order valence-corrected chi connectivity index (χ2v) is 5.56. The molecule has 0 heterocycles. The SMILES string of the molecule is CN=C(NCCC(C)C)NC(C)c1ccc(C)c(F)c1.I. The molecule has 0 radical (unpaired) electrons. The second kappa shape index (κ2) is 9.97. The molecular weight excluding hydrogens is 380 g/mol. The maximum absolute atomic E-state index is 13.6. The van der Waals surface area contributed by atoms with Crippen molar-refractivity contribution in [3.05, 3.63) is 35.1 Å². The van der Waals surface area contributed by atoms with Gasteiger partial charge in [-0.1, -0.05) is 26.0 Å². The average molecular weight is 407 g/mol. The van der Waals surface area contributed by atoms with E-state index in [9.17, 15) is 4.39 Å². The van der Waals surface area contributed by atoms with Crippen LogP contribution in [-0.4, -0.2) is 19.6 Å². The maximum atomic E-state index is 13.6. The number of nitrogens with one attached hydrogen (secondary N) is 2. The van der Waals surface area contributed by atoms with Crippen LogP contribution in [0.2, 0.25) is 0 Å². The number of aryl methyl sites for hydroxylation is 1. The molecule has 1 unspecified atom stereocenters. The van der Waals surface area contributed by atoms with Crippen LogP contribution in [0.4, 0.5) is 4.39 Å². The van der Waals surface area contributed by atoms with Crippen molar-refractivity contribution in [1.82, 2.24) is 10.6 Å². The third-order valence-electron chi connectivity index (χ3n) is 3.29. The third kappa shape index (κ3) is 7.11. The number of rotatable bonds is 5. The van der Waals surface area contributed by atoms with Crippen LogP contribution < -0.4 is 10.6 Å². The number of hydrogen-bond donors (Lipinski definition) is 2. The summed E-state index contributed by atoms with van der Waals surface area (Å²) in [7, 11) is 1.74. The van der Waals surface area contributed by atoms with Crippen LogP contribution in [0.5, 0.6) is 0 Å². The molecule has 21 heavy (non-hydrogen) atoms.